The van der Waals surface area contributed by atoms with E-state index in [9.17, 15) is 4.79 Å². The van der Waals surface area contributed by atoms with Crippen molar-refractivity contribution in [3.05, 3.63) is 34.3 Å². The average Bonchev–Trinajstić information content (AvgIpc) is 2.68. The van der Waals surface area contributed by atoms with Crippen LogP contribution in [0, 0.1) is 0 Å². The molecule has 2 aliphatic rings. The second kappa shape index (κ2) is 3.74. The van der Waals surface area contributed by atoms with E-state index >= 15 is 0 Å². The lowest BCUT2D eigenvalue weighted by atomic mass is 9.92. The first kappa shape index (κ1) is 10.6. The van der Waals surface area contributed by atoms with Gasteiger partial charge < -0.3 is 10.1 Å². The zero-order chi connectivity index (χ0) is 12.0. The van der Waals surface area contributed by atoms with Crippen LogP contribution in [0.1, 0.15) is 24.0 Å². The molecule has 0 bridgehead atoms. The zero-order valence-electron chi connectivity index (χ0n) is 9.06. The summed E-state index contributed by atoms with van der Waals surface area (Å²) in [6.45, 7) is 0.554. The molecule has 1 unspecified atom stereocenters. The molecule has 2 heterocycles. The highest BCUT2D eigenvalue weighted by Crippen LogP contribution is 2.32. The minimum atomic E-state index is -0.0822. The SMILES string of the molecule is O=C1CCC2/C(=N\O)c3ccc(Cl)cc3CN12. The van der Waals surface area contributed by atoms with E-state index in [1.165, 1.54) is 0 Å². The molecule has 0 saturated carbocycles. The molecular weight excluding hydrogens is 240 g/mol. The average molecular weight is 251 g/mol. The third-order valence-electron chi connectivity index (χ3n) is 3.44. The molecule has 1 amide bonds. The van der Waals surface area contributed by atoms with Crippen LogP contribution in [0.25, 0.3) is 0 Å². The van der Waals surface area contributed by atoms with Crippen molar-refractivity contribution < 1.29 is 10.0 Å². The van der Waals surface area contributed by atoms with Crippen LogP contribution in [0.2, 0.25) is 5.02 Å². The fourth-order valence-corrected chi connectivity index (χ4v) is 2.84. The third kappa shape index (κ3) is 1.52. The van der Waals surface area contributed by atoms with Gasteiger partial charge in [0.15, 0.2) is 0 Å². The van der Waals surface area contributed by atoms with Crippen molar-refractivity contribution in [1.29, 1.82) is 0 Å². The van der Waals surface area contributed by atoms with Crippen LogP contribution in [-0.4, -0.2) is 27.8 Å². The number of carbonyl (C=O) groups is 1. The molecule has 0 aliphatic carbocycles. The number of oxime groups is 1. The maximum absolute atomic E-state index is 11.7. The molecule has 17 heavy (non-hydrogen) atoms. The molecule has 1 aromatic rings. The molecule has 0 spiro atoms. The second-order valence-corrected chi connectivity index (χ2v) is 4.80. The number of hydrogen-bond donors (Lipinski definition) is 1. The van der Waals surface area contributed by atoms with Gasteiger partial charge in [0.05, 0.1) is 6.04 Å². The van der Waals surface area contributed by atoms with Gasteiger partial charge in [-0.05, 0) is 24.1 Å². The lowest BCUT2D eigenvalue weighted by molar-refractivity contribution is -0.128. The molecule has 1 fully saturated rings. The minimum Gasteiger partial charge on any atom is -0.411 e. The molecule has 2 aliphatic heterocycles. The lowest BCUT2D eigenvalue weighted by Gasteiger charge is -2.32. The summed E-state index contributed by atoms with van der Waals surface area (Å²) in [6.07, 6.45) is 1.24. The number of nitrogens with zero attached hydrogens (tertiary/aromatic N) is 2. The van der Waals surface area contributed by atoms with E-state index in [-0.39, 0.29) is 11.9 Å². The topological polar surface area (TPSA) is 52.9 Å². The van der Waals surface area contributed by atoms with Crippen molar-refractivity contribution in [2.45, 2.75) is 25.4 Å². The van der Waals surface area contributed by atoms with Crippen molar-refractivity contribution in [3.8, 4) is 0 Å². The number of hydrogen-bond acceptors (Lipinski definition) is 3. The molecule has 1 atom stereocenters. The molecule has 1 aromatic carbocycles. The summed E-state index contributed by atoms with van der Waals surface area (Å²) in [7, 11) is 0. The third-order valence-corrected chi connectivity index (χ3v) is 3.67. The van der Waals surface area contributed by atoms with E-state index in [1.807, 2.05) is 12.1 Å². The van der Waals surface area contributed by atoms with Gasteiger partial charge >= 0.3 is 0 Å². The molecule has 88 valence electrons. The van der Waals surface area contributed by atoms with Gasteiger partial charge in [0.2, 0.25) is 5.91 Å². The van der Waals surface area contributed by atoms with E-state index in [1.54, 1.807) is 11.0 Å². The monoisotopic (exact) mass is 250 g/mol. The Morgan fingerprint density at radius 1 is 1.47 bits per heavy atom. The van der Waals surface area contributed by atoms with E-state index < -0.39 is 0 Å². The van der Waals surface area contributed by atoms with Crippen molar-refractivity contribution in [1.82, 2.24) is 4.90 Å². The number of benzene rings is 1. The Hall–Kier alpha value is -1.55. The van der Waals surface area contributed by atoms with Gasteiger partial charge in [-0.3, -0.25) is 4.79 Å². The van der Waals surface area contributed by atoms with Gasteiger partial charge in [0, 0.05) is 23.6 Å². The smallest absolute Gasteiger partial charge is 0.223 e. The van der Waals surface area contributed by atoms with Gasteiger partial charge in [0.1, 0.15) is 5.71 Å². The van der Waals surface area contributed by atoms with Crippen LogP contribution in [0.3, 0.4) is 0 Å². The summed E-state index contributed by atoms with van der Waals surface area (Å²) in [5.74, 6) is 0.113. The summed E-state index contributed by atoms with van der Waals surface area (Å²) in [6, 6.07) is 5.37. The van der Waals surface area contributed by atoms with E-state index in [0.29, 0.717) is 23.7 Å². The standard InChI is InChI=1S/C12H11ClN2O2/c13-8-1-2-9-7(5-8)6-15-10(12(9)14-17)3-4-11(15)16/h1-2,5,10,17H,3-4,6H2/b14-12-. The normalized spacial score (nSPS) is 25.0. The highest BCUT2D eigenvalue weighted by atomic mass is 35.5. The Balaban J connectivity index is 2.14. The minimum absolute atomic E-state index is 0.0822. The van der Waals surface area contributed by atoms with Crippen LogP contribution in [-0.2, 0) is 11.3 Å². The van der Waals surface area contributed by atoms with Gasteiger partial charge in [-0.15, -0.1) is 0 Å². The first-order valence-electron chi connectivity index (χ1n) is 5.51. The number of fused-ring (bicyclic) bond motifs is 2. The highest BCUT2D eigenvalue weighted by molar-refractivity contribution is 6.30. The van der Waals surface area contributed by atoms with Gasteiger partial charge in [-0.25, -0.2) is 0 Å². The molecule has 5 heteroatoms. The molecule has 0 aromatic heterocycles. The molecule has 4 nitrogen and oxygen atoms in total. The van der Waals surface area contributed by atoms with Crippen LogP contribution in [0.5, 0.6) is 0 Å². The Kier molecular flexibility index (Phi) is 2.33. The van der Waals surface area contributed by atoms with E-state index in [4.69, 9.17) is 16.8 Å². The summed E-state index contributed by atoms with van der Waals surface area (Å²) < 4.78 is 0. The Labute approximate surface area is 103 Å². The Morgan fingerprint density at radius 2 is 2.29 bits per heavy atom. The summed E-state index contributed by atoms with van der Waals surface area (Å²) in [5.41, 5.74) is 2.42. The summed E-state index contributed by atoms with van der Waals surface area (Å²) in [4.78, 5) is 13.5. The molecular formula is C12H11ClN2O2. The first-order chi connectivity index (χ1) is 8.20. The van der Waals surface area contributed by atoms with E-state index in [2.05, 4.69) is 5.16 Å². The Morgan fingerprint density at radius 3 is 3.06 bits per heavy atom. The first-order valence-corrected chi connectivity index (χ1v) is 5.88. The predicted octanol–water partition coefficient (Wildman–Crippen LogP) is 2.02. The van der Waals surface area contributed by atoms with Gasteiger partial charge in [-0.2, -0.15) is 0 Å². The number of carbonyl (C=O) groups excluding carboxylic acids is 1. The number of rotatable bonds is 0. The van der Waals surface area contributed by atoms with Crippen molar-refractivity contribution in [2.75, 3.05) is 0 Å². The predicted molar refractivity (Wildman–Crippen MR) is 63.3 cm³/mol. The quantitative estimate of drug-likeness (QED) is 0.566. The van der Waals surface area contributed by atoms with Crippen LogP contribution in [0.4, 0.5) is 0 Å². The summed E-state index contributed by atoms with van der Waals surface area (Å²) in [5, 5.41) is 13.2. The van der Waals surface area contributed by atoms with E-state index in [0.717, 1.165) is 17.5 Å². The summed E-state index contributed by atoms with van der Waals surface area (Å²) >= 11 is 5.94. The fraction of sp³-hybridized carbons (Fsp3) is 0.333. The maximum atomic E-state index is 11.7. The Bertz CT molecular complexity index is 527. The maximum Gasteiger partial charge on any atom is 0.223 e. The molecule has 1 saturated heterocycles. The zero-order valence-corrected chi connectivity index (χ0v) is 9.81. The van der Waals surface area contributed by atoms with Crippen molar-refractivity contribution in [3.63, 3.8) is 0 Å². The van der Waals surface area contributed by atoms with Gasteiger partial charge in [0.25, 0.3) is 0 Å². The van der Waals surface area contributed by atoms with Crippen molar-refractivity contribution >= 4 is 23.2 Å². The second-order valence-electron chi connectivity index (χ2n) is 4.36. The highest BCUT2D eigenvalue weighted by Gasteiger charge is 2.39. The largest absolute Gasteiger partial charge is 0.411 e. The molecule has 1 N–H and O–H groups in total. The van der Waals surface area contributed by atoms with Crippen LogP contribution < -0.4 is 0 Å². The molecule has 0 radical (unpaired) electrons. The lowest BCUT2D eigenvalue weighted by Crippen LogP contribution is -2.43. The van der Waals surface area contributed by atoms with Gasteiger partial charge in [-0.1, -0.05) is 22.8 Å². The number of amides is 1. The fourth-order valence-electron chi connectivity index (χ4n) is 2.64. The van der Waals surface area contributed by atoms with Crippen LogP contribution >= 0.6 is 11.6 Å². The number of halogens is 1. The van der Waals surface area contributed by atoms with Crippen molar-refractivity contribution in [2.24, 2.45) is 5.16 Å². The van der Waals surface area contributed by atoms with Crippen LogP contribution in [0.15, 0.2) is 23.4 Å². The molecule has 3 rings (SSSR count).